The van der Waals surface area contributed by atoms with E-state index in [-0.39, 0.29) is 0 Å². The van der Waals surface area contributed by atoms with Gasteiger partial charge in [0.15, 0.2) is 0 Å². The molecule has 2 aromatic rings. The summed E-state index contributed by atoms with van der Waals surface area (Å²) in [6, 6.07) is 16.3. The van der Waals surface area contributed by atoms with Gasteiger partial charge in [0.25, 0.3) is 0 Å². The molecule has 0 aliphatic rings. The van der Waals surface area contributed by atoms with E-state index in [0.717, 1.165) is 9.79 Å². The predicted octanol–water partition coefficient (Wildman–Crippen LogP) is 4.83. The molecule has 0 atom stereocenters. The van der Waals surface area contributed by atoms with Crippen LogP contribution in [0.3, 0.4) is 0 Å². The van der Waals surface area contributed by atoms with Crippen LogP contribution in [-0.4, -0.2) is 5.55 Å². The third kappa shape index (κ3) is 3.84. The van der Waals surface area contributed by atoms with Crippen LogP contribution in [0.5, 0.6) is 0 Å². The second-order valence-electron chi connectivity index (χ2n) is 3.30. The van der Waals surface area contributed by atoms with Crippen molar-refractivity contribution in [2.75, 3.05) is 0 Å². The number of nitrogens with one attached hydrogen (secondary N) is 1. The van der Waals surface area contributed by atoms with Crippen LogP contribution in [0.2, 0.25) is 0 Å². The van der Waals surface area contributed by atoms with E-state index >= 15 is 0 Å². The topological polar surface area (TPSA) is 23.9 Å². The van der Waals surface area contributed by atoms with Crippen molar-refractivity contribution in [3.05, 3.63) is 48.5 Å². The van der Waals surface area contributed by atoms with Crippen LogP contribution in [0, 0.1) is 5.41 Å². The molecule has 0 aromatic heterocycles. The number of benzene rings is 2. The van der Waals surface area contributed by atoms with Crippen molar-refractivity contribution in [1.29, 1.82) is 5.41 Å². The van der Waals surface area contributed by atoms with E-state index < -0.39 is 0 Å². The van der Waals surface area contributed by atoms with Crippen LogP contribution in [0.15, 0.2) is 68.1 Å². The summed E-state index contributed by atoms with van der Waals surface area (Å²) in [5.41, 5.74) is 1.34. The highest BCUT2D eigenvalue weighted by molar-refractivity contribution is 8.12. The number of thioether (sulfide) groups is 1. The van der Waals surface area contributed by atoms with Crippen molar-refractivity contribution < 1.29 is 0 Å². The Morgan fingerprint density at radius 1 is 0.824 bits per heavy atom. The van der Waals surface area contributed by atoms with Gasteiger partial charge in [0, 0.05) is 19.6 Å². The molecule has 0 heterocycles. The van der Waals surface area contributed by atoms with Crippen LogP contribution < -0.4 is 0 Å². The Morgan fingerprint density at radius 2 is 1.29 bits per heavy atom. The summed E-state index contributed by atoms with van der Waals surface area (Å²) in [4.78, 5) is 4.48. The zero-order valence-electron chi connectivity index (χ0n) is 8.96. The van der Waals surface area contributed by atoms with Crippen molar-refractivity contribution in [2.24, 2.45) is 0 Å². The summed E-state index contributed by atoms with van der Waals surface area (Å²) in [5, 5.41) is 7.02. The van der Waals surface area contributed by atoms with Gasteiger partial charge in [0.2, 0.25) is 0 Å². The summed E-state index contributed by atoms with van der Waals surface area (Å²) in [6.07, 6.45) is 0. The molecule has 0 aliphatic heterocycles. The van der Waals surface area contributed by atoms with Gasteiger partial charge in [0.05, 0.1) is 5.55 Å². The fourth-order valence-corrected chi connectivity index (χ4v) is 2.70. The number of hydrogen-bond acceptors (Lipinski definition) is 4. The largest absolute Gasteiger partial charge is 0.302 e. The fourth-order valence-electron chi connectivity index (χ4n) is 1.30. The van der Waals surface area contributed by atoms with Gasteiger partial charge in [-0.2, -0.15) is 0 Å². The van der Waals surface area contributed by atoms with E-state index in [9.17, 15) is 0 Å². The summed E-state index contributed by atoms with van der Waals surface area (Å²) in [7, 11) is 0. The van der Waals surface area contributed by atoms with Gasteiger partial charge in [-0.25, -0.2) is 0 Å². The number of rotatable bonds is 4. The first-order valence-electron chi connectivity index (χ1n) is 5.00. The second kappa shape index (κ2) is 6.19. The molecule has 1 nitrogen and oxygen atoms in total. The molecule has 4 heteroatoms. The summed E-state index contributed by atoms with van der Waals surface area (Å²) >= 11 is 7.40. The molecular weight excluding hydrogens is 266 g/mol. The van der Waals surface area contributed by atoms with E-state index in [1.54, 1.807) is 11.8 Å². The average molecular weight is 277 g/mol. The van der Waals surface area contributed by atoms with Gasteiger partial charge in [0.1, 0.15) is 0 Å². The normalized spacial score (nSPS) is 10.2. The molecule has 2 rings (SSSR count). The molecule has 1 N–H and O–H groups in total. The Kier molecular flexibility index (Phi) is 4.59. The minimum absolute atomic E-state index is 0.979. The molecule has 0 saturated heterocycles. The van der Waals surface area contributed by atoms with Gasteiger partial charge in [-0.15, -0.1) is 12.6 Å². The third-order valence-corrected chi connectivity index (χ3v) is 4.07. The van der Waals surface area contributed by atoms with Gasteiger partial charge in [-0.3, -0.25) is 0 Å². The highest BCUT2D eigenvalue weighted by Gasteiger charge is 1.98. The van der Waals surface area contributed by atoms with E-state index in [2.05, 4.69) is 36.9 Å². The maximum atomic E-state index is 7.02. The molecule has 0 aliphatic carbocycles. The zero-order chi connectivity index (χ0) is 12.1. The molecule has 0 spiro atoms. The highest BCUT2D eigenvalue weighted by atomic mass is 32.2. The first-order chi connectivity index (χ1) is 8.28. The van der Waals surface area contributed by atoms with Crippen molar-refractivity contribution in [3.63, 3.8) is 0 Å². The van der Waals surface area contributed by atoms with Crippen LogP contribution in [0.25, 0.3) is 0 Å². The lowest BCUT2D eigenvalue weighted by Gasteiger charge is -2.02. The standard InChI is InChI=1S/C13H11NS3/c14-9-16-11-5-7-13(8-6-11)17-12-3-1-10(15)2-4-12/h1-9,14-15H. The summed E-state index contributed by atoms with van der Waals surface area (Å²) < 4.78 is 0. The molecule has 0 amide bonds. The Labute approximate surface area is 115 Å². The van der Waals surface area contributed by atoms with Crippen molar-refractivity contribution >= 4 is 41.7 Å². The lowest BCUT2D eigenvalue weighted by Crippen LogP contribution is -1.75. The molecule has 0 unspecified atom stereocenters. The molecular formula is C13H11NS3. The van der Waals surface area contributed by atoms with Crippen LogP contribution in [0.1, 0.15) is 0 Å². The lowest BCUT2D eigenvalue weighted by atomic mass is 10.4. The summed E-state index contributed by atoms with van der Waals surface area (Å²) in [5.74, 6) is 0. The number of hydrogen-bond donors (Lipinski definition) is 2. The molecule has 17 heavy (non-hydrogen) atoms. The minimum atomic E-state index is 0.979. The van der Waals surface area contributed by atoms with Gasteiger partial charge in [-0.1, -0.05) is 23.5 Å². The molecule has 0 radical (unpaired) electrons. The van der Waals surface area contributed by atoms with Crippen molar-refractivity contribution in [2.45, 2.75) is 19.6 Å². The van der Waals surface area contributed by atoms with Crippen LogP contribution in [0.4, 0.5) is 0 Å². The second-order valence-corrected chi connectivity index (χ2v) is 5.91. The average Bonchev–Trinajstić information content (AvgIpc) is 2.35. The molecule has 2 aromatic carbocycles. The monoisotopic (exact) mass is 277 g/mol. The smallest absolute Gasteiger partial charge is 0.0554 e. The minimum Gasteiger partial charge on any atom is -0.302 e. The Balaban J connectivity index is 2.08. The quantitative estimate of drug-likeness (QED) is 0.362. The van der Waals surface area contributed by atoms with E-state index in [1.807, 2.05) is 24.3 Å². The molecule has 0 saturated carbocycles. The SMILES string of the molecule is N=CSc1ccc(Sc2ccc(S)cc2)cc1. The maximum absolute atomic E-state index is 7.02. The van der Waals surface area contributed by atoms with Crippen LogP contribution in [-0.2, 0) is 0 Å². The Morgan fingerprint density at radius 3 is 1.82 bits per heavy atom. The first-order valence-corrected chi connectivity index (χ1v) is 7.15. The van der Waals surface area contributed by atoms with E-state index in [0.29, 0.717) is 0 Å². The van der Waals surface area contributed by atoms with Gasteiger partial charge >= 0.3 is 0 Å². The van der Waals surface area contributed by atoms with E-state index in [1.165, 1.54) is 27.1 Å². The maximum Gasteiger partial charge on any atom is 0.0554 e. The zero-order valence-corrected chi connectivity index (χ0v) is 11.5. The Hall–Kier alpha value is -0.840. The third-order valence-electron chi connectivity index (χ3n) is 2.09. The highest BCUT2D eigenvalue weighted by Crippen LogP contribution is 2.29. The molecule has 0 fully saturated rings. The fraction of sp³-hybridized carbons (Fsp3) is 0. The predicted molar refractivity (Wildman–Crippen MR) is 78.9 cm³/mol. The number of thiol groups is 1. The van der Waals surface area contributed by atoms with Gasteiger partial charge in [-0.05, 0) is 48.5 Å². The Bertz CT molecular complexity index is 491. The molecule has 0 bridgehead atoms. The van der Waals surface area contributed by atoms with Crippen LogP contribution >= 0.6 is 36.2 Å². The molecule has 86 valence electrons. The van der Waals surface area contributed by atoms with Gasteiger partial charge < -0.3 is 5.41 Å². The lowest BCUT2D eigenvalue weighted by molar-refractivity contribution is 1.32. The van der Waals surface area contributed by atoms with Crippen molar-refractivity contribution in [1.82, 2.24) is 0 Å². The first kappa shape index (κ1) is 12.6. The summed E-state index contributed by atoms with van der Waals surface area (Å²) in [6.45, 7) is 0. The van der Waals surface area contributed by atoms with Crippen molar-refractivity contribution in [3.8, 4) is 0 Å². The van der Waals surface area contributed by atoms with E-state index in [4.69, 9.17) is 5.41 Å².